The number of hydrogen-bond acceptors (Lipinski definition) is 4. The largest absolute Gasteiger partial charge is 0.478 e. The monoisotopic (exact) mass is 258 g/mol. The highest BCUT2D eigenvalue weighted by atomic mass is 32.2. The van der Waals surface area contributed by atoms with Gasteiger partial charge in [-0.25, -0.2) is 4.79 Å². The number of carbonyl (C=O) groups is 2. The summed E-state index contributed by atoms with van der Waals surface area (Å²) < 4.78 is 30.9. The first-order chi connectivity index (χ1) is 7.77. The van der Waals surface area contributed by atoms with Crippen molar-refractivity contribution in [1.82, 2.24) is 5.32 Å². The Morgan fingerprint density at radius 3 is 2.29 bits per heavy atom. The summed E-state index contributed by atoms with van der Waals surface area (Å²) in [5.74, 6) is -2.23. The molecular weight excluding hydrogens is 250 g/mol. The number of hydrogen-bond donors (Lipinski definition) is 3. The first kappa shape index (κ1) is 13.1. The van der Waals surface area contributed by atoms with Crippen LogP contribution in [0.4, 0.5) is 0 Å². The van der Waals surface area contributed by atoms with Gasteiger partial charge in [-0.05, 0) is 18.2 Å². The van der Waals surface area contributed by atoms with E-state index in [2.05, 4.69) is 7.05 Å². The summed E-state index contributed by atoms with van der Waals surface area (Å²) in [5.41, 5.74) is -0.745. The van der Waals surface area contributed by atoms with E-state index in [1.807, 2.05) is 5.32 Å². The molecule has 1 amide bonds. The van der Waals surface area contributed by atoms with E-state index in [0.29, 0.717) is 6.07 Å². The van der Waals surface area contributed by atoms with E-state index in [0.717, 1.165) is 12.1 Å². The molecule has 0 bridgehead atoms. The molecule has 91 valence electrons. The summed E-state index contributed by atoms with van der Waals surface area (Å²) in [6.45, 7) is 0. The van der Waals surface area contributed by atoms with E-state index >= 15 is 0 Å². The minimum Gasteiger partial charge on any atom is -0.478 e. The molecule has 0 aliphatic carbocycles. The highest BCUT2D eigenvalue weighted by Crippen LogP contribution is 2.17. The fraction of sp³-hybridized carbons (Fsp3) is 0. The number of rotatable bonds is 3. The zero-order valence-electron chi connectivity index (χ0n) is 8.37. The van der Waals surface area contributed by atoms with Crippen molar-refractivity contribution in [3.05, 3.63) is 36.4 Å². The van der Waals surface area contributed by atoms with Crippen molar-refractivity contribution in [2.45, 2.75) is 4.90 Å². The van der Waals surface area contributed by atoms with E-state index in [-0.39, 0.29) is 11.1 Å². The van der Waals surface area contributed by atoms with Gasteiger partial charge in [-0.3, -0.25) is 9.35 Å². The minimum absolute atomic E-state index is 0.363. The molecule has 0 unspecified atom stereocenters. The molecule has 0 saturated carbocycles. The minimum atomic E-state index is -4.70. The van der Waals surface area contributed by atoms with Crippen LogP contribution in [-0.4, -0.2) is 30.0 Å². The van der Waals surface area contributed by atoms with Gasteiger partial charge in [0.1, 0.15) is 4.90 Å². The van der Waals surface area contributed by atoms with Gasteiger partial charge in [-0.15, -0.1) is 0 Å². The zero-order chi connectivity index (χ0) is 13.2. The van der Waals surface area contributed by atoms with E-state index in [1.165, 1.54) is 0 Å². The zero-order valence-corrected chi connectivity index (χ0v) is 9.19. The lowest BCUT2D eigenvalue weighted by Gasteiger charge is -2.06. The summed E-state index contributed by atoms with van der Waals surface area (Å²) in [5, 5.41) is 10.6. The van der Waals surface area contributed by atoms with Gasteiger partial charge >= 0.3 is 5.97 Å². The molecule has 3 N–H and O–H groups in total. The molecule has 0 saturated heterocycles. The maximum Gasteiger partial charge on any atom is 0.335 e. The van der Waals surface area contributed by atoms with Crippen molar-refractivity contribution in [3.8, 4) is 0 Å². The van der Waals surface area contributed by atoms with Crippen molar-refractivity contribution in [1.29, 1.82) is 0 Å². The SMILES string of the molecule is [CH2]NC(=O)c1ccc(C(=O)O)cc1S(=O)(=O)O. The van der Waals surface area contributed by atoms with Crippen LogP contribution in [0, 0.1) is 7.05 Å². The maximum absolute atomic E-state index is 11.3. The Morgan fingerprint density at radius 2 is 1.88 bits per heavy atom. The molecule has 0 aliphatic heterocycles. The fourth-order valence-electron chi connectivity index (χ4n) is 1.15. The molecule has 1 radical (unpaired) electrons. The average Bonchev–Trinajstić information content (AvgIpc) is 2.26. The van der Waals surface area contributed by atoms with Crippen LogP contribution in [0.1, 0.15) is 20.7 Å². The van der Waals surface area contributed by atoms with Crippen LogP contribution >= 0.6 is 0 Å². The normalized spacial score (nSPS) is 10.9. The Hall–Kier alpha value is -1.93. The molecule has 7 nitrogen and oxygen atoms in total. The summed E-state index contributed by atoms with van der Waals surface area (Å²) in [4.78, 5) is 21.1. The van der Waals surface area contributed by atoms with E-state index in [1.54, 1.807) is 0 Å². The number of benzene rings is 1. The molecule has 0 atom stereocenters. The third-order valence-corrected chi connectivity index (χ3v) is 2.81. The van der Waals surface area contributed by atoms with Crippen molar-refractivity contribution >= 4 is 22.0 Å². The van der Waals surface area contributed by atoms with Crippen LogP contribution in [0.3, 0.4) is 0 Å². The second-order valence-corrected chi connectivity index (χ2v) is 4.39. The standard InChI is InChI=1S/C9H8NO6S/c1-10-8(11)6-3-2-5(9(12)13)4-7(6)17(14,15)16/h2-4H,1H2,(H,10,11)(H,12,13)(H,14,15,16). The Morgan fingerprint density at radius 1 is 1.29 bits per heavy atom. The number of amides is 1. The van der Waals surface area contributed by atoms with E-state index < -0.39 is 26.9 Å². The molecule has 0 heterocycles. The predicted molar refractivity (Wildman–Crippen MR) is 56.0 cm³/mol. The number of carbonyl (C=O) groups excluding carboxylic acids is 1. The van der Waals surface area contributed by atoms with Crippen molar-refractivity contribution in [2.24, 2.45) is 0 Å². The third-order valence-electron chi connectivity index (χ3n) is 1.91. The Labute approximate surface area is 96.8 Å². The van der Waals surface area contributed by atoms with Crippen LogP contribution in [0.25, 0.3) is 0 Å². The first-order valence-electron chi connectivity index (χ1n) is 4.19. The van der Waals surface area contributed by atoms with Gasteiger partial charge in [0.05, 0.1) is 11.1 Å². The number of carboxylic acids is 1. The van der Waals surface area contributed by atoms with Gasteiger partial charge in [0.25, 0.3) is 16.0 Å². The van der Waals surface area contributed by atoms with Crippen LogP contribution in [-0.2, 0) is 10.1 Å². The molecule has 0 fully saturated rings. The summed E-state index contributed by atoms with van der Waals surface area (Å²) in [7, 11) is -1.65. The van der Waals surface area contributed by atoms with Crippen LogP contribution in [0.15, 0.2) is 23.1 Å². The van der Waals surface area contributed by atoms with Crippen molar-refractivity contribution in [2.75, 3.05) is 0 Å². The Bertz CT molecular complexity index is 577. The molecule has 1 aromatic carbocycles. The highest BCUT2D eigenvalue weighted by molar-refractivity contribution is 7.86. The van der Waals surface area contributed by atoms with Crippen LogP contribution in [0.2, 0.25) is 0 Å². The Kier molecular flexibility index (Phi) is 3.49. The predicted octanol–water partition coefficient (Wildman–Crippen LogP) is 0.153. The van der Waals surface area contributed by atoms with Gasteiger partial charge in [-0.2, -0.15) is 8.42 Å². The average molecular weight is 258 g/mol. The molecule has 17 heavy (non-hydrogen) atoms. The van der Waals surface area contributed by atoms with E-state index in [4.69, 9.17) is 9.66 Å². The fourth-order valence-corrected chi connectivity index (χ4v) is 1.87. The summed E-state index contributed by atoms with van der Waals surface area (Å²) in [6.07, 6.45) is 0. The molecular formula is C9H8NO6S. The number of nitrogens with one attached hydrogen (secondary N) is 1. The summed E-state index contributed by atoms with van der Waals surface area (Å²) in [6, 6.07) is 2.72. The second kappa shape index (κ2) is 4.52. The smallest absolute Gasteiger partial charge is 0.335 e. The Balaban J connectivity index is 3.54. The van der Waals surface area contributed by atoms with E-state index in [9.17, 15) is 18.0 Å². The van der Waals surface area contributed by atoms with Crippen molar-refractivity contribution < 1.29 is 27.7 Å². The molecule has 0 spiro atoms. The van der Waals surface area contributed by atoms with Crippen LogP contribution < -0.4 is 5.32 Å². The van der Waals surface area contributed by atoms with Crippen LogP contribution in [0.5, 0.6) is 0 Å². The maximum atomic E-state index is 11.3. The number of aromatic carboxylic acids is 1. The molecule has 0 aliphatic rings. The second-order valence-electron chi connectivity index (χ2n) is 3.00. The van der Waals surface area contributed by atoms with Crippen molar-refractivity contribution in [3.63, 3.8) is 0 Å². The van der Waals surface area contributed by atoms with Gasteiger partial charge < -0.3 is 10.4 Å². The first-order valence-corrected chi connectivity index (χ1v) is 5.63. The lowest BCUT2D eigenvalue weighted by Crippen LogP contribution is -2.19. The quantitative estimate of drug-likeness (QED) is 0.664. The van der Waals surface area contributed by atoms with Gasteiger partial charge in [0.15, 0.2) is 0 Å². The molecule has 0 aromatic heterocycles. The van der Waals surface area contributed by atoms with Gasteiger partial charge in [0.2, 0.25) is 0 Å². The molecule has 1 aromatic rings. The third kappa shape index (κ3) is 2.80. The molecule has 1 rings (SSSR count). The molecule has 8 heteroatoms. The lowest BCUT2D eigenvalue weighted by atomic mass is 10.1. The highest BCUT2D eigenvalue weighted by Gasteiger charge is 2.21. The summed E-state index contributed by atoms with van der Waals surface area (Å²) >= 11 is 0. The topological polar surface area (TPSA) is 121 Å². The lowest BCUT2D eigenvalue weighted by molar-refractivity contribution is 0.0696. The number of carboxylic acid groups (broad SMARTS) is 1. The van der Waals surface area contributed by atoms with Gasteiger partial charge in [-0.1, -0.05) is 0 Å². The van der Waals surface area contributed by atoms with Gasteiger partial charge in [0, 0.05) is 7.05 Å².